The summed E-state index contributed by atoms with van der Waals surface area (Å²) < 4.78 is 5.82. The Labute approximate surface area is 133 Å². The molecular weight excluding hydrogens is 305 g/mol. The van der Waals surface area contributed by atoms with Crippen molar-refractivity contribution in [3.05, 3.63) is 68.9 Å². The monoisotopic (exact) mass is 319 g/mol. The van der Waals surface area contributed by atoms with E-state index in [9.17, 15) is 0 Å². The maximum Gasteiger partial charge on any atom is 0.153 e. The summed E-state index contributed by atoms with van der Waals surface area (Å²) in [6.45, 7) is 4.15. The Morgan fingerprint density at radius 1 is 1.00 bits per heavy atom. The molecule has 0 aliphatic carbocycles. The molecule has 4 heteroatoms. The van der Waals surface area contributed by atoms with Crippen LogP contribution in [0.4, 0.5) is 0 Å². The van der Waals surface area contributed by atoms with Gasteiger partial charge in [-0.25, -0.2) is 0 Å². The first-order valence-corrected chi connectivity index (χ1v) is 7.42. The highest BCUT2D eigenvalue weighted by atomic mass is 35.5. The molecule has 1 unspecified atom stereocenters. The Bertz CT molecular complexity index is 823. The largest absolute Gasteiger partial charge is 0.457 e. The van der Waals surface area contributed by atoms with Crippen molar-refractivity contribution in [1.82, 2.24) is 0 Å². The molecule has 0 fully saturated rings. The van der Waals surface area contributed by atoms with E-state index in [1.54, 1.807) is 6.07 Å². The molecule has 2 nitrogen and oxygen atoms in total. The van der Waals surface area contributed by atoms with Crippen molar-refractivity contribution in [2.75, 3.05) is 0 Å². The molecule has 2 aromatic carbocycles. The van der Waals surface area contributed by atoms with E-state index in [0.717, 1.165) is 10.9 Å². The maximum atomic E-state index is 6.32. The number of halogens is 2. The molecule has 0 amide bonds. The summed E-state index contributed by atoms with van der Waals surface area (Å²) in [5.74, 6) is 0.678. The van der Waals surface area contributed by atoms with Crippen LogP contribution >= 0.6 is 23.2 Å². The van der Waals surface area contributed by atoms with Crippen LogP contribution in [0.3, 0.4) is 0 Å². The second kappa shape index (κ2) is 5.38. The van der Waals surface area contributed by atoms with E-state index in [1.807, 2.05) is 18.2 Å². The van der Waals surface area contributed by atoms with Crippen LogP contribution in [0.1, 0.15) is 28.5 Å². The summed E-state index contributed by atoms with van der Waals surface area (Å²) >= 11 is 12.2. The maximum absolute atomic E-state index is 6.32. The van der Waals surface area contributed by atoms with E-state index >= 15 is 0 Å². The number of aryl methyl sites for hydroxylation is 2. The number of fused-ring (bicyclic) bond motifs is 1. The summed E-state index contributed by atoms with van der Waals surface area (Å²) in [5.41, 5.74) is 10.4. The molecule has 0 bridgehead atoms. The fourth-order valence-corrected chi connectivity index (χ4v) is 2.92. The number of benzene rings is 2. The van der Waals surface area contributed by atoms with Gasteiger partial charge in [0.05, 0.1) is 11.1 Å². The molecule has 0 spiro atoms. The second-order valence-corrected chi connectivity index (χ2v) is 6.12. The Morgan fingerprint density at radius 3 is 2.48 bits per heavy atom. The van der Waals surface area contributed by atoms with Gasteiger partial charge in [0, 0.05) is 10.4 Å². The van der Waals surface area contributed by atoms with Crippen molar-refractivity contribution < 1.29 is 4.42 Å². The minimum atomic E-state index is -0.327. The van der Waals surface area contributed by atoms with Crippen molar-refractivity contribution in [1.29, 1.82) is 0 Å². The highest BCUT2D eigenvalue weighted by Gasteiger charge is 2.16. The Kier molecular flexibility index (Phi) is 3.70. The lowest BCUT2D eigenvalue weighted by Crippen LogP contribution is -2.11. The van der Waals surface area contributed by atoms with Gasteiger partial charge in [0.2, 0.25) is 0 Å². The molecule has 0 saturated carbocycles. The van der Waals surface area contributed by atoms with Crippen molar-refractivity contribution in [3.63, 3.8) is 0 Å². The minimum absolute atomic E-state index is 0.327. The number of nitrogens with two attached hydrogens (primary N) is 1. The summed E-state index contributed by atoms with van der Waals surface area (Å²) in [6, 6.07) is 11.2. The zero-order valence-corrected chi connectivity index (χ0v) is 13.3. The van der Waals surface area contributed by atoms with Gasteiger partial charge in [0.15, 0.2) is 5.58 Å². The van der Waals surface area contributed by atoms with E-state index in [4.69, 9.17) is 33.4 Å². The zero-order valence-electron chi connectivity index (χ0n) is 11.8. The van der Waals surface area contributed by atoms with E-state index in [2.05, 4.69) is 26.0 Å². The SMILES string of the molecule is Cc1ccc(C(N)c2cc3cc(Cl)cc(Cl)c3o2)cc1C. The van der Waals surface area contributed by atoms with E-state index in [1.165, 1.54) is 11.1 Å². The summed E-state index contributed by atoms with van der Waals surface area (Å²) in [7, 11) is 0. The first-order chi connectivity index (χ1) is 9.95. The minimum Gasteiger partial charge on any atom is -0.457 e. The van der Waals surface area contributed by atoms with E-state index in [0.29, 0.717) is 21.4 Å². The average Bonchev–Trinajstić information content (AvgIpc) is 2.85. The lowest BCUT2D eigenvalue weighted by molar-refractivity contribution is 0.525. The van der Waals surface area contributed by atoms with Gasteiger partial charge in [-0.1, -0.05) is 41.4 Å². The number of furan rings is 1. The Morgan fingerprint density at radius 2 is 1.76 bits per heavy atom. The molecule has 0 saturated heterocycles. The lowest BCUT2D eigenvalue weighted by Gasteiger charge is -2.11. The molecule has 0 radical (unpaired) electrons. The van der Waals surface area contributed by atoms with Crippen molar-refractivity contribution in [2.24, 2.45) is 5.73 Å². The lowest BCUT2D eigenvalue weighted by atomic mass is 10.00. The number of hydrogen-bond donors (Lipinski definition) is 1. The molecule has 1 atom stereocenters. The molecule has 1 aromatic heterocycles. The highest BCUT2D eigenvalue weighted by Crippen LogP contribution is 2.33. The van der Waals surface area contributed by atoms with Crippen molar-refractivity contribution in [3.8, 4) is 0 Å². The number of hydrogen-bond acceptors (Lipinski definition) is 2. The normalized spacial score (nSPS) is 12.8. The van der Waals surface area contributed by atoms with Gasteiger partial charge >= 0.3 is 0 Å². The topological polar surface area (TPSA) is 39.2 Å². The Hall–Kier alpha value is -1.48. The van der Waals surface area contributed by atoms with Gasteiger partial charge in [-0.2, -0.15) is 0 Å². The van der Waals surface area contributed by atoms with Crippen LogP contribution in [0.2, 0.25) is 10.0 Å². The Balaban J connectivity index is 2.07. The molecule has 1 heterocycles. The van der Waals surface area contributed by atoms with Crippen LogP contribution in [-0.2, 0) is 0 Å². The van der Waals surface area contributed by atoms with Gasteiger partial charge in [-0.3, -0.25) is 0 Å². The van der Waals surface area contributed by atoms with Crippen LogP contribution in [0.25, 0.3) is 11.0 Å². The van der Waals surface area contributed by atoms with Gasteiger partial charge in [0.1, 0.15) is 5.76 Å². The zero-order chi connectivity index (χ0) is 15.1. The first-order valence-electron chi connectivity index (χ1n) is 6.67. The van der Waals surface area contributed by atoms with Crippen LogP contribution < -0.4 is 5.73 Å². The third-order valence-electron chi connectivity index (χ3n) is 3.75. The standard InChI is InChI=1S/C17H15Cl2NO/c1-9-3-4-11(5-10(9)2)16(20)15-7-12-6-13(18)8-14(19)17(12)21-15/h3-8,16H,20H2,1-2H3. The quantitative estimate of drug-likeness (QED) is 0.686. The third kappa shape index (κ3) is 2.67. The van der Waals surface area contributed by atoms with Gasteiger partial charge in [-0.05, 0) is 48.7 Å². The molecule has 3 aromatic rings. The highest BCUT2D eigenvalue weighted by molar-refractivity contribution is 6.38. The van der Waals surface area contributed by atoms with Gasteiger partial charge in [-0.15, -0.1) is 0 Å². The van der Waals surface area contributed by atoms with Crippen molar-refractivity contribution in [2.45, 2.75) is 19.9 Å². The van der Waals surface area contributed by atoms with E-state index in [-0.39, 0.29) is 6.04 Å². The first kappa shape index (κ1) is 14.5. The van der Waals surface area contributed by atoms with Crippen LogP contribution in [-0.4, -0.2) is 0 Å². The average molecular weight is 320 g/mol. The van der Waals surface area contributed by atoms with Crippen LogP contribution in [0, 0.1) is 13.8 Å². The molecule has 0 aliphatic rings. The predicted octanol–water partition coefficient (Wildman–Crippen LogP) is 5.40. The molecule has 0 aliphatic heterocycles. The van der Waals surface area contributed by atoms with Crippen LogP contribution in [0.5, 0.6) is 0 Å². The predicted molar refractivity (Wildman–Crippen MR) is 88.2 cm³/mol. The second-order valence-electron chi connectivity index (χ2n) is 5.28. The molecule has 108 valence electrons. The smallest absolute Gasteiger partial charge is 0.153 e. The molecular formula is C17H15Cl2NO. The molecule has 21 heavy (non-hydrogen) atoms. The summed E-state index contributed by atoms with van der Waals surface area (Å²) in [4.78, 5) is 0. The van der Waals surface area contributed by atoms with Gasteiger partial charge < -0.3 is 10.2 Å². The summed E-state index contributed by atoms with van der Waals surface area (Å²) in [5, 5.41) is 1.94. The van der Waals surface area contributed by atoms with Crippen LogP contribution in [0.15, 0.2) is 40.8 Å². The fourth-order valence-electron chi connectivity index (χ4n) is 2.37. The number of rotatable bonds is 2. The van der Waals surface area contributed by atoms with Crippen molar-refractivity contribution >= 4 is 34.2 Å². The molecule has 2 N–H and O–H groups in total. The molecule has 3 rings (SSSR count). The fraction of sp³-hybridized carbons (Fsp3) is 0.176. The third-order valence-corrected chi connectivity index (χ3v) is 4.25. The summed E-state index contributed by atoms with van der Waals surface area (Å²) in [6.07, 6.45) is 0. The van der Waals surface area contributed by atoms with Gasteiger partial charge in [0.25, 0.3) is 0 Å². The van der Waals surface area contributed by atoms with E-state index < -0.39 is 0 Å².